The number of aromatic nitrogens is 2. The van der Waals surface area contributed by atoms with Gasteiger partial charge in [0, 0.05) is 42.8 Å². The van der Waals surface area contributed by atoms with E-state index in [0.717, 1.165) is 50.0 Å². The summed E-state index contributed by atoms with van der Waals surface area (Å²) < 4.78 is 7.62. The monoisotopic (exact) mass is 689 g/mol. The fraction of sp³-hybridized carbons (Fsp3) is 0.0909. The minimum absolute atomic E-state index is 0. The van der Waals surface area contributed by atoms with Crippen molar-refractivity contribution in [1.29, 1.82) is 0 Å². The quantitative estimate of drug-likeness (QED) is 0.170. The number of rotatable bonds is 2. The van der Waals surface area contributed by atoms with Crippen LogP contribution >= 0.6 is 11.3 Å². The number of thiophene rings is 1. The molecule has 0 atom stereocenters. The number of hydrogen-bond acceptors (Lipinski definition) is 4. The van der Waals surface area contributed by atoms with Crippen LogP contribution in [0.2, 0.25) is 0 Å². The smallest absolute Gasteiger partial charge is 0.138 e. The minimum atomic E-state index is 0. The molecule has 0 saturated carbocycles. The van der Waals surface area contributed by atoms with Crippen molar-refractivity contribution >= 4 is 43.4 Å². The van der Waals surface area contributed by atoms with E-state index in [9.17, 15) is 0 Å². The van der Waals surface area contributed by atoms with E-state index in [1.165, 1.54) is 20.5 Å². The molecule has 0 N–H and O–H groups in total. The zero-order valence-corrected chi connectivity index (χ0v) is 24.4. The Labute approximate surface area is 239 Å². The van der Waals surface area contributed by atoms with Gasteiger partial charge >= 0.3 is 0 Å². The van der Waals surface area contributed by atoms with Gasteiger partial charge in [0.15, 0.2) is 0 Å². The van der Waals surface area contributed by atoms with E-state index in [2.05, 4.69) is 60.2 Å². The molecular formula is C33H24IrN2OS-2. The van der Waals surface area contributed by atoms with Crippen molar-refractivity contribution in [2.24, 2.45) is 0 Å². The SMILES string of the molecule is Cc1ccc(-c2[c-]ccc3c2oc2c3ccc3c(C)c(C)sc32)nc1.[Ir].[c-]1ccccc1-c1ccccn1. The number of aryl methyl sites for hydroxylation is 3. The number of hydrogen-bond donors (Lipinski definition) is 0. The summed E-state index contributed by atoms with van der Waals surface area (Å²) in [6.45, 7) is 6.39. The van der Waals surface area contributed by atoms with Gasteiger partial charge in [-0.3, -0.25) is 0 Å². The maximum Gasteiger partial charge on any atom is 0.138 e. The molecule has 4 aromatic heterocycles. The summed E-state index contributed by atoms with van der Waals surface area (Å²) in [7, 11) is 0. The van der Waals surface area contributed by atoms with Gasteiger partial charge in [-0.15, -0.1) is 65.4 Å². The molecule has 7 rings (SSSR count). The Balaban J connectivity index is 0.000000191. The van der Waals surface area contributed by atoms with Crippen LogP contribution in [0.3, 0.4) is 0 Å². The first-order valence-corrected chi connectivity index (χ1v) is 13.0. The standard InChI is InChI=1S/C22H16NOS.C11H8N.Ir/c1-12-7-10-19(23-11-12)18-6-4-5-16-17-9-8-15-13(2)14(3)25-22(15)21(17)24-20(16)18;1-2-6-10(7-3-1)11-8-4-5-9-12-11;/h4-5,7-11H,1-3H3;1-6,8-9H;/q2*-1;. The molecule has 38 heavy (non-hydrogen) atoms. The largest absolute Gasteiger partial charge is 0.499 e. The molecule has 0 saturated heterocycles. The van der Waals surface area contributed by atoms with Crippen molar-refractivity contribution < 1.29 is 24.5 Å². The summed E-state index contributed by atoms with van der Waals surface area (Å²) in [5, 5.41) is 3.57. The van der Waals surface area contributed by atoms with E-state index in [1.807, 2.05) is 79.1 Å². The Morgan fingerprint density at radius 3 is 2.26 bits per heavy atom. The maximum absolute atomic E-state index is 6.39. The second-order valence-corrected chi connectivity index (χ2v) is 10.2. The number of furan rings is 1. The van der Waals surface area contributed by atoms with Crippen LogP contribution in [0.15, 0.2) is 95.7 Å². The van der Waals surface area contributed by atoms with Gasteiger partial charge in [-0.2, -0.15) is 0 Å². The summed E-state index contributed by atoms with van der Waals surface area (Å²) in [5.74, 6) is 0. The van der Waals surface area contributed by atoms with Crippen LogP contribution in [0.25, 0.3) is 54.5 Å². The Hall–Kier alpha value is -3.63. The van der Waals surface area contributed by atoms with Crippen molar-refractivity contribution in [2.45, 2.75) is 20.8 Å². The van der Waals surface area contributed by atoms with E-state index in [0.29, 0.717) is 0 Å². The topological polar surface area (TPSA) is 38.9 Å². The van der Waals surface area contributed by atoms with E-state index >= 15 is 0 Å². The summed E-state index contributed by atoms with van der Waals surface area (Å²) in [4.78, 5) is 10.1. The average molecular weight is 689 g/mol. The Kier molecular flexibility index (Phi) is 7.53. The van der Waals surface area contributed by atoms with Gasteiger partial charge in [-0.05, 0) is 54.7 Å². The second kappa shape index (κ2) is 11.0. The van der Waals surface area contributed by atoms with Gasteiger partial charge < -0.3 is 14.4 Å². The third-order valence-corrected chi connectivity index (χ3v) is 7.78. The second-order valence-electron chi connectivity index (χ2n) is 9.01. The number of nitrogens with zero attached hydrogens (tertiary/aromatic N) is 2. The molecule has 3 aromatic carbocycles. The molecule has 0 fully saturated rings. The predicted octanol–water partition coefficient (Wildman–Crippen LogP) is 9.13. The molecule has 0 unspecified atom stereocenters. The van der Waals surface area contributed by atoms with Crippen molar-refractivity contribution in [3.05, 3.63) is 119 Å². The molecule has 5 heteroatoms. The Bertz CT molecular complexity index is 1800. The Morgan fingerprint density at radius 2 is 1.53 bits per heavy atom. The molecule has 189 valence electrons. The van der Waals surface area contributed by atoms with E-state index in [-0.39, 0.29) is 20.1 Å². The molecule has 0 bridgehead atoms. The van der Waals surface area contributed by atoms with Crippen LogP contribution in [0.4, 0.5) is 0 Å². The summed E-state index contributed by atoms with van der Waals surface area (Å²) >= 11 is 1.81. The van der Waals surface area contributed by atoms with Crippen LogP contribution < -0.4 is 0 Å². The first-order valence-electron chi connectivity index (χ1n) is 12.2. The summed E-state index contributed by atoms with van der Waals surface area (Å²) in [5.41, 5.74) is 8.15. The molecule has 0 spiro atoms. The molecule has 0 aliphatic heterocycles. The molecular weight excluding hydrogens is 665 g/mol. The van der Waals surface area contributed by atoms with Crippen LogP contribution in [0.1, 0.15) is 16.0 Å². The van der Waals surface area contributed by atoms with Crippen molar-refractivity contribution in [3.63, 3.8) is 0 Å². The summed E-state index contributed by atoms with van der Waals surface area (Å²) in [6.07, 6.45) is 3.67. The molecule has 3 nitrogen and oxygen atoms in total. The molecule has 4 heterocycles. The van der Waals surface area contributed by atoms with Crippen LogP contribution in [-0.2, 0) is 20.1 Å². The maximum atomic E-state index is 6.39. The summed E-state index contributed by atoms with van der Waals surface area (Å²) in [6, 6.07) is 32.7. The number of fused-ring (bicyclic) bond motifs is 5. The van der Waals surface area contributed by atoms with E-state index < -0.39 is 0 Å². The van der Waals surface area contributed by atoms with Gasteiger partial charge in [0.1, 0.15) is 5.58 Å². The zero-order chi connectivity index (χ0) is 25.4. The molecule has 0 amide bonds. The minimum Gasteiger partial charge on any atom is -0.499 e. The van der Waals surface area contributed by atoms with Crippen LogP contribution in [0, 0.1) is 32.9 Å². The zero-order valence-electron chi connectivity index (χ0n) is 21.2. The first kappa shape index (κ1) is 26.0. The van der Waals surface area contributed by atoms with E-state index in [1.54, 1.807) is 6.20 Å². The molecule has 1 radical (unpaired) electrons. The van der Waals surface area contributed by atoms with Gasteiger partial charge in [0.2, 0.25) is 0 Å². The van der Waals surface area contributed by atoms with Crippen molar-refractivity contribution in [2.75, 3.05) is 0 Å². The molecule has 0 aliphatic rings. The number of pyridine rings is 2. The van der Waals surface area contributed by atoms with Crippen LogP contribution in [-0.4, -0.2) is 9.97 Å². The average Bonchev–Trinajstić information content (AvgIpc) is 3.47. The van der Waals surface area contributed by atoms with E-state index in [4.69, 9.17) is 4.42 Å². The fourth-order valence-electron chi connectivity index (χ4n) is 4.48. The molecule has 7 aromatic rings. The van der Waals surface area contributed by atoms with Crippen molar-refractivity contribution in [3.8, 4) is 22.5 Å². The number of benzene rings is 3. The van der Waals surface area contributed by atoms with Gasteiger partial charge in [0.05, 0.1) is 10.3 Å². The third-order valence-electron chi connectivity index (χ3n) is 6.56. The van der Waals surface area contributed by atoms with Gasteiger partial charge in [-0.25, -0.2) is 0 Å². The van der Waals surface area contributed by atoms with Gasteiger partial charge in [-0.1, -0.05) is 47.3 Å². The fourth-order valence-corrected chi connectivity index (χ4v) is 5.62. The Morgan fingerprint density at radius 1 is 0.711 bits per heavy atom. The molecule has 0 aliphatic carbocycles. The van der Waals surface area contributed by atoms with Crippen molar-refractivity contribution in [1.82, 2.24) is 9.97 Å². The normalized spacial score (nSPS) is 10.8. The van der Waals surface area contributed by atoms with Crippen LogP contribution in [0.5, 0.6) is 0 Å². The first-order chi connectivity index (χ1) is 18.1. The third kappa shape index (κ3) is 4.81. The van der Waals surface area contributed by atoms with Gasteiger partial charge in [0.25, 0.3) is 0 Å². The predicted molar refractivity (Wildman–Crippen MR) is 154 cm³/mol.